The van der Waals surface area contributed by atoms with Gasteiger partial charge in [0.15, 0.2) is 12.6 Å². The van der Waals surface area contributed by atoms with Crippen LogP contribution in [0.1, 0.15) is 187 Å². The molecule has 12 atom stereocenters. The van der Waals surface area contributed by atoms with Crippen LogP contribution in [0.2, 0.25) is 0 Å². The van der Waals surface area contributed by atoms with Crippen LogP contribution >= 0.6 is 0 Å². The van der Waals surface area contributed by atoms with Gasteiger partial charge in [-0.05, 0) is 44.9 Å². The summed E-state index contributed by atoms with van der Waals surface area (Å²) in [6.45, 7) is 2.76. The molecule has 0 aromatic heterocycles. The molecule has 0 saturated carbocycles. The summed E-state index contributed by atoms with van der Waals surface area (Å²) in [6, 6.07) is -0.914. The molecule has 2 saturated heterocycles. The maximum atomic E-state index is 13.1. The average Bonchev–Trinajstić information content (AvgIpc) is 3.28. The third kappa shape index (κ3) is 24.2. The van der Waals surface area contributed by atoms with Crippen molar-refractivity contribution in [3.63, 3.8) is 0 Å². The number of aliphatic hydroxyl groups is 8. The highest BCUT2D eigenvalue weighted by Crippen LogP contribution is 2.30. The van der Waals surface area contributed by atoms with E-state index in [4.69, 9.17) is 18.9 Å². The monoisotopic (exact) mass is 902 g/mol. The van der Waals surface area contributed by atoms with Gasteiger partial charge in [0, 0.05) is 6.42 Å². The summed E-state index contributed by atoms with van der Waals surface area (Å²) in [5.74, 6) is -0.249. The van der Waals surface area contributed by atoms with E-state index in [2.05, 4.69) is 31.3 Å². The van der Waals surface area contributed by atoms with Crippen molar-refractivity contribution in [2.45, 2.75) is 261 Å². The SMILES string of the molecule is CCCCCCC/C=C\CCCCCCCC(=O)NC(COC1OC(CO)C(OC2OC(CO)C(O)C(O)C2O)C(O)C1O)C(O)/C=C/CCCCCCCCCCCCCCC. The van der Waals surface area contributed by atoms with Gasteiger partial charge in [-0.1, -0.05) is 160 Å². The summed E-state index contributed by atoms with van der Waals surface area (Å²) in [6.07, 6.45) is 22.1. The number of aliphatic hydroxyl groups excluding tert-OH is 8. The van der Waals surface area contributed by atoms with Gasteiger partial charge in [-0.25, -0.2) is 0 Å². The summed E-state index contributed by atoms with van der Waals surface area (Å²) in [5, 5.41) is 86.6. The molecule has 63 heavy (non-hydrogen) atoms. The summed E-state index contributed by atoms with van der Waals surface area (Å²) in [7, 11) is 0. The first-order chi connectivity index (χ1) is 30.6. The number of amides is 1. The average molecular weight is 902 g/mol. The molecule has 14 nitrogen and oxygen atoms in total. The van der Waals surface area contributed by atoms with Gasteiger partial charge in [0.25, 0.3) is 0 Å². The molecular weight excluding hydrogens is 811 g/mol. The molecule has 0 aliphatic carbocycles. The number of carbonyl (C=O) groups excluding carboxylic acids is 1. The molecule has 370 valence electrons. The fraction of sp³-hybridized carbons (Fsp3) is 0.898. The second-order valence-corrected chi connectivity index (χ2v) is 17.9. The predicted molar refractivity (Wildman–Crippen MR) is 245 cm³/mol. The standard InChI is InChI=1S/C49H91NO13/c1-3-5-7-9-11-13-15-17-19-20-22-24-26-28-30-32-38(53)37(50-41(54)33-31-29-27-25-23-21-18-16-14-12-10-8-6-4-2)36-60-48-46(59)44(57)47(40(35-52)62-48)63-49-45(58)43(56)42(55)39(34-51)61-49/h16,18,30,32,37-40,42-49,51-53,55-59H,3-15,17,19-29,31,33-36H2,1-2H3,(H,50,54)/b18-16-,32-30+. The third-order valence-electron chi connectivity index (χ3n) is 12.4. The van der Waals surface area contributed by atoms with Crippen LogP contribution in [0, 0.1) is 0 Å². The molecule has 2 aliphatic rings. The van der Waals surface area contributed by atoms with Crippen LogP contribution in [0.5, 0.6) is 0 Å². The second kappa shape index (κ2) is 36.6. The van der Waals surface area contributed by atoms with Crippen LogP contribution in [0.15, 0.2) is 24.3 Å². The first kappa shape index (κ1) is 57.6. The van der Waals surface area contributed by atoms with Crippen molar-refractivity contribution >= 4 is 5.91 Å². The van der Waals surface area contributed by atoms with Crippen LogP contribution in [0.4, 0.5) is 0 Å². The van der Waals surface area contributed by atoms with Gasteiger partial charge in [-0.3, -0.25) is 4.79 Å². The van der Waals surface area contributed by atoms with Gasteiger partial charge in [-0.2, -0.15) is 0 Å². The van der Waals surface area contributed by atoms with Crippen molar-refractivity contribution in [1.82, 2.24) is 5.32 Å². The topological polar surface area (TPSA) is 228 Å². The summed E-state index contributed by atoms with van der Waals surface area (Å²) in [4.78, 5) is 13.1. The minimum atomic E-state index is -1.79. The number of allylic oxidation sites excluding steroid dienone is 3. The number of unbranched alkanes of at least 4 members (excludes halogenated alkanes) is 23. The Kier molecular flexibility index (Phi) is 33.4. The molecular formula is C49H91NO13. The molecule has 2 heterocycles. The fourth-order valence-electron chi connectivity index (χ4n) is 8.23. The smallest absolute Gasteiger partial charge is 0.220 e. The molecule has 9 N–H and O–H groups in total. The first-order valence-corrected chi connectivity index (χ1v) is 25.1. The molecule has 2 aliphatic heterocycles. The molecule has 0 radical (unpaired) electrons. The van der Waals surface area contributed by atoms with Gasteiger partial charge in [0.05, 0.1) is 32.0 Å². The minimum Gasteiger partial charge on any atom is -0.394 e. The Labute approximate surface area is 379 Å². The Morgan fingerprint density at radius 3 is 1.51 bits per heavy atom. The van der Waals surface area contributed by atoms with E-state index in [9.17, 15) is 45.6 Å². The lowest BCUT2D eigenvalue weighted by atomic mass is 9.97. The van der Waals surface area contributed by atoms with E-state index < -0.39 is 86.8 Å². The second-order valence-electron chi connectivity index (χ2n) is 17.9. The first-order valence-electron chi connectivity index (χ1n) is 25.1. The number of carbonyl (C=O) groups is 1. The molecule has 0 bridgehead atoms. The van der Waals surface area contributed by atoms with Crippen LogP contribution in [-0.4, -0.2) is 140 Å². The maximum Gasteiger partial charge on any atom is 0.220 e. The lowest BCUT2D eigenvalue weighted by Gasteiger charge is -2.46. The van der Waals surface area contributed by atoms with Gasteiger partial charge in [0.1, 0.15) is 48.8 Å². The van der Waals surface area contributed by atoms with E-state index in [-0.39, 0.29) is 18.9 Å². The lowest BCUT2D eigenvalue weighted by Crippen LogP contribution is -2.65. The van der Waals surface area contributed by atoms with E-state index in [1.165, 1.54) is 103 Å². The van der Waals surface area contributed by atoms with Crippen LogP contribution in [0.3, 0.4) is 0 Å². The molecule has 12 unspecified atom stereocenters. The molecule has 0 aromatic rings. The van der Waals surface area contributed by atoms with Crippen molar-refractivity contribution < 1.29 is 64.6 Å². The van der Waals surface area contributed by atoms with Crippen molar-refractivity contribution in [3.05, 3.63) is 24.3 Å². The number of ether oxygens (including phenoxy) is 4. The number of hydrogen-bond donors (Lipinski definition) is 9. The van der Waals surface area contributed by atoms with E-state index in [1.807, 2.05) is 6.08 Å². The quantitative estimate of drug-likeness (QED) is 0.0250. The van der Waals surface area contributed by atoms with Crippen molar-refractivity contribution in [2.24, 2.45) is 0 Å². The summed E-state index contributed by atoms with van der Waals surface area (Å²) in [5.41, 5.74) is 0. The minimum absolute atomic E-state index is 0.249. The van der Waals surface area contributed by atoms with E-state index in [0.717, 1.165) is 57.8 Å². The van der Waals surface area contributed by atoms with Crippen molar-refractivity contribution in [3.8, 4) is 0 Å². The Bertz CT molecular complexity index is 1160. The molecule has 2 fully saturated rings. The Morgan fingerprint density at radius 2 is 1.00 bits per heavy atom. The van der Waals surface area contributed by atoms with Gasteiger partial charge >= 0.3 is 0 Å². The van der Waals surface area contributed by atoms with Crippen LogP contribution in [0.25, 0.3) is 0 Å². The molecule has 0 spiro atoms. The van der Waals surface area contributed by atoms with E-state index in [1.54, 1.807) is 6.08 Å². The van der Waals surface area contributed by atoms with Crippen LogP contribution < -0.4 is 5.32 Å². The zero-order valence-electron chi connectivity index (χ0n) is 39.1. The van der Waals surface area contributed by atoms with Crippen molar-refractivity contribution in [1.29, 1.82) is 0 Å². The maximum absolute atomic E-state index is 13.1. The Hall–Kier alpha value is -1.53. The van der Waals surface area contributed by atoms with Crippen LogP contribution in [-0.2, 0) is 23.7 Å². The molecule has 14 heteroatoms. The number of hydrogen-bond acceptors (Lipinski definition) is 13. The zero-order valence-corrected chi connectivity index (χ0v) is 39.1. The molecule has 2 rings (SSSR count). The van der Waals surface area contributed by atoms with E-state index in [0.29, 0.717) is 6.42 Å². The summed E-state index contributed by atoms with van der Waals surface area (Å²) >= 11 is 0. The largest absolute Gasteiger partial charge is 0.394 e. The number of rotatable bonds is 38. The van der Waals surface area contributed by atoms with Crippen molar-refractivity contribution in [2.75, 3.05) is 19.8 Å². The van der Waals surface area contributed by atoms with Gasteiger partial charge in [-0.15, -0.1) is 0 Å². The van der Waals surface area contributed by atoms with E-state index >= 15 is 0 Å². The number of nitrogens with one attached hydrogen (secondary N) is 1. The Balaban J connectivity index is 1.87. The molecule has 1 amide bonds. The molecule has 0 aromatic carbocycles. The normalized spacial score (nSPS) is 27.7. The third-order valence-corrected chi connectivity index (χ3v) is 12.4. The summed E-state index contributed by atoms with van der Waals surface area (Å²) < 4.78 is 22.7. The van der Waals surface area contributed by atoms with Gasteiger partial charge in [0.2, 0.25) is 5.91 Å². The highest BCUT2D eigenvalue weighted by atomic mass is 16.7. The highest BCUT2D eigenvalue weighted by molar-refractivity contribution is 5.76. The fourth-order valence-corrected chi connectivity index (χ4v) is 8.23. The Morgan fingerprint density at radius 1 is 0.556 bits per heavy atom. The van der Waals surface area contributed by atoms with Gasteiger partial charge < -0.3 is 65.1 Å². The highest BCUT2D eigenvalue weighted by Gasteiger charge is 2.51. The zero-order chi connectivity index (χ0) is 46.1. The predicted octanol–water partition coefficient (Wildman–Crippen LogP) is 6.16. The lowest BCUT2D eigenvalue weighted by molar-refractivity contribution is -0.359.